The normalized spacial score (nSPS) is 11.8. The predicted octanol–water partition coefficient (Wildman–Crippen LogP) is 5.07. The van der Waals surface area contributed by atoms with Crippen molar-refractivity contribution in [3.05, 3.63) is 70.4 Å². The predicted molar refractivity (Wildman–Crippen MR) is 78.2 cm³/mol. The molecule has 1 heterocycles. The Hall–Kier alpha value is -2.27. The maximum absolute atomic E-state index is 13.0. The molecule has 22 heavy (non-hydrogen) atoms. The molecule has 2 aromatic carbocycles. The van der Waals surface area contributed by atoms with Crippen molar-refractivity contribution in [1.82, 2.24) is 4.98 Å². The van der Waals surface area contributed by atoms with Gasteiger partial charge in [0.2, 0.25) is 0 Å². The number of hydrogen-bond donors (Lipinski definition) is 1. The molecule has 6 heteroatoms. The van der Waals surface area contributed by atoms with Crippen LogP contribution in [0.3, 0.4) is 0 Å². The van der Waals surface area contributed by atoms with Crippen LogP contribution in [-0.2, 0) is 6.18 Å². The fourth-order valence-corrected chi connectivity index (χ4v) is 2.53. The van der Waals surface area contributed by atoms with E-state index in [1.165, 1.54) is 24.4 Å². The summed E-state index contributed by atoms with van der Waals surface area (Å²) in [5.74, 6) is -0.679. The van der Waals surface area contributed by atoms with Gasteiger partial charge in [0.1, 0.15) is 0 Å². The van der Waals surface area contributed by atoms with Gasteiger partial charge in [-0.2, -0.15) is 13.2 Å². The zero-order valence-electron chi connectivity index (χ0n) is 11.0. The first kappa shape index (κ1) is 14.7. The van der Waals surface area contributed by atoms with Crippen molar-refractivity contribution < 1.29 is 18.0 Å². The van der Waals surface area contributed by atoms with Crippen LogP contribution < -0.4 is 0 Å². The van der Waals surface area contributed by atoms with Gasteiger partial charge in [-0.25, -0.2) is 0 Å². The lowest BCUT2D eigenvalue weighted by molar-refractivity contribution is -0.137. The Bertz CT molecular complexity index is 867. The zero-order chi connectivity index (χ0) is 15.9. The van der Waals surface area contributed by atoms with Gasteiger partial charge in [0.25, 0.3) is 0 Å². The highest BCUT2D eigenvalue weighted by atomic mass is 35.5. The molecule has 0 amide bonds. The Kier molecular flexibility index (Phi) is 3.45. The first-order chi connectivity index (χ1) is 10.4. The maximum atomic E-state index is 13.0. The van der Waals surface area contributed by atoms with Crippen molar-refractivity contribution in [2.24, 2.45) is 0 Å². The van der Waals surface area contributed by atoms with Gasteiger partial charge in [-0.1, -0.05) is 35.9 Å². The van der Waals surface area contributed by atoms with Crippen molar-refractivity contribution >= 4 is 28.3 Å². The smallest absolute Gasteiger partial charge is 0.360 e. The lowest BCUT2D eigenvalue weighted by atomic mass is 9.98. The molecule has 0 fully saturated rings. The van der Waals surface area contributed by atoms with E-state index in [1.807, 2.05) is 0 Å². The van der Waals surface area contributed by atoms with Gasteiger partial charge in [-0.3, -0.25) is 4.79 Å². The summed E-state index contributed by atoms with van der Waals surface area (Å²) in [5.41, 5.74) is -0.530. The highest BCUT2D eigenvalue weighted by Crippen LogP contribution is 2.34. The van der Waals surface area contributed by atoms with Gasteiger partial charge < -0.3 is 4.98 Å². The summed E-state index contributed by atoms with van der Waals surface area (Å²) in [7, 11) is 0. The number of alkyl halides is 3. The number of halogens is 4. The van der Waals surface area contributed by atoms with Crippen LogP contribution in [-0.4, -0.2) is 10.8 Å². The fraction of sp³-hybridized carbons (Fsp3) is 0.0625. The van der Waals surface area contributed by atoms with E-state index in [1.54, 1.807) is 18.2 Å². The third-order valence-electron chi connectivity index (χ3n) is 3.37. The topological polar surface area (TPSA) is 32.9 Å². The van der Waals surface area contributed by atoms with Gasteiger partial charge >= 0.3 is 6.18 Å². The van der Waals surface area contributed by atoms with Gasteiger partial charge in [-0.15, -0.1) is 0 Å². The van der Waals surface area contributed by atoms with Crippen LogP contribution in [0, 0.1) is 0 Å². The molecule has 0 bridgehead atoms. The average molecular weight is 324 g/mol. The minimum atomic E-state index is -4.58. The molecule has 0 aliphatic heterocycles. The van der Waals surface area contributed by atoms with Crippen molar-refractivity contribution in [3.8, 4) is 0 Å². The molecule has 0 aliphatic rings. The van der Waals surface area contributed by atoms with E-state index in [0.717, 1.165) is 6.07 Å². The zero-order valence-corrected chi connectivity index (χ0v) is 11.8. The second kappa shape index (κ2) is 5.18. The van der Waals surface area contributed by atoms with E-state index in [9.17, 15) is 18.0 Å². The molecule has 3 rings (SSSR count). The number of rotatable bonds is 2. The second-order valence-electron chi connectivity index (χ2n) is 4.76. The second-order valence-corrected chi connectivity index (χ2v) is 5.20. The van der Waals surface area contributed by atoms with E-state index in [-0.39, 0.29) is 11.1 Å². The Balaban J connectivity index is 2.15. The number of fused-ring (bicyclic) bond motifs is 1. The van der Waals surface area contributed by atoms with Crippen molar-refractivity contribution in [2.75, 3.05) is 0 Å². The Morgan fingerprint density at radius 2 is 1.77 bits per heavy atom. The molecule has 0 saturated heterocycles. The van der Waals surface area contributed by atoms with Crippen molar-refractivity contribution in [3.63, 3.8) is 0 Å². The van der Waals surface area contributed by atoms with Crippen LogP contribution in [0.4, 0.5) is 13.2 Å². The minimum absolute atomic E-state index is 0.184. The van der Waals surface area contributed by atoms with E-state index < -0.39 is 17.5 Å². The molecule has 112 valence electrons. The first-order valence-corrected chi connectivity index (χ1v) is 6.73. The monoisotopic (exact) mass is 323 g/mol. The van der Waals surface area contributed by atoms with Crippen molar-refractivity contribution in [1.29, 1.82) is 0 Å². The molecule has 0 saturated carbocycles. The van der Waals surface area contributed by atoms with E-state index in [2.05, 4.69) is 4.98 Å². The maximum Gasteiger partial charge on any atom is 0.417 e. The molecule has 2 nitrogen and oxygen atoms in total. The number of benzene rings is 2. The van der Waals surface area contributed by atoms with Crippen LogP contribution in [0.2, 0.25) is 5.02 Å². The third kappa shape index (κ3) is 2.48. The van der Waals surface area contributed by atoms with Gasteiger partial charge in [0.15, 0.2) is 5.78 Å². The molecule has 0 unspecified atom stereocenters. The average Bonchev–Trinajstić information content (AvgIpc) is 2.88. The van der Waals surface area contributed by atoms with Gasteiger partial charge in [0.05, 0.1) is 5.56 Å². The number of aromatic amines is 1. The lowest BCUT2D eigenvalue weighted by Gasteiger charge is -2.11. The molecular weight excluding hydrogens is 315 g/mol. The van der Waals surface area contributed by atoms with Crippen LogP contribution in [0.5, 0.6) is 0 Å². The summed E-state index contributed by atoms with van der Waals surface area (Å²) in [6, 6.07) is 9.56. The number of carbonyl (C=O) groups excluding carboxylic acids is 1. The quantitative estimate of drug-likeness (QED) is 0.656. The highest BCUT2D eigenvalue weighted by molar-refractivity contribution is 6.31. The minimum Gasteiger partial charge on any atom is -0.360 e. The Morgan fingerprint density at radius 1 is 1.05 bits per heavy atom. The summed E-state index contributed by atoms with van der Waals surface area (Å²) < 4.78 is 39.1. The lowest BCUT2D eigenvalue weighted by Crippen LogP contribution is -2.13. The van der Waals surface area contributed by atoms with Crippen molar-refractivity contribution in [2.45, 2.75) is 6.18 Å². The summed E-state index contributed by atoms with van der Waals surface area (Å²) in [4.78, 5) is 15.4. The van der Waals surface area contributed by atoms with Gasteiger partial charge in [-0.05, 0) is 18.2 Å². The molecule has 0 radical (unpaired) electrons. The number of nitrogens with one attached hydrogen (secondary N) is 1. The van der Waals surface area contributed by atoms with Crippen LogP contribution >= 0.6 is 11.6 Å². The molecule has 0 aliphatic carbocycles. The Morgan fingerprint density at radius 3 is 2.50 bits per heavy atom. The number of carbonyl (C=O) groups is 1. The summed E-state index contributed by atoms with van der Waals surface area (Å²) >= 11 is 5.86. The highest BCUT2D eigenvalue weighted by Gasteiger charge is 2.35. The number of ketones is 1. The molecule has 1 N–H and O–H groups in total. The van der Waals surface area contributed by atoms with E-state index in [4.69, 9.17) is 11.6 Å². The molecule has 0 atom stereocenters. The third-order valence-corrected chi connectivity index (χ3v) is 3.60. The first-order valence-electron chi connectivity index (χ1n) is 6.35. The molecule has 1 aromatic heterocycles. The molecular formula is C16H9ClF3NO. The number of aromatic nitrogens is 1. The fourth-order valence-electron chi connectivity index (χ4n) is 2.36. The SMILES string of the molecule is O=C(c1ccccc1C(F)(F)F)c1c[nH]c2cc(Cl)ccc12. The standard InChI is InChI=1S/C16H9ClF3NO/c17-9-5-6-10-12(8-21-14(10)7-9)15(22)11-3-1-2-4-13(11)16(18,19)20/h1-8,21H. The summed E-state index contributed by atoms with van der Waals surface area (Å²) in [6.07, 6.45) is -3.18. The van der Waals surface area contributed by atoms with Crippen LogP contribution in [0.1, 0.15) is 21.5 Å². The van der Waals surface area contributed by atoms with Gasteiger partial charge in [0, 0.05) is 33.2 Å². The van der Waals surface area contributed by atoms with Crippen LogP contribution in [0.15, 0.2) is 48.7 Å². The molecule has 0 spiro atoms. The van der Waals surface area contributed by atoms with E-state index >= 15 is 0 Å². The number of hydrogen-bond acceptors (Lipinski definition) is 1. The summed E-state index contributed by atoms with van der Waals surface area (Å²) in [6.45, 7) is 0. The largest absolute Gasteiger partial charge is 0.417 e. The molecule has 3 aromatic rings. The summed E-state index contributed by atoms with van der Waals surface area (Å²) in [5, 5.41) is 1.01. The Labute approximate surface area is 128 Å². The number of H-pyrrole nitrogens is 1. The van der Waals surface area contributed by atoms with E-state index in [0.29, 0.717) is 15.9 Å². The van der Waals surface area contributed by atoms with Crippen LogP contribution in [0.25, 0.3) is 10.9 Å².